The summed E-state index contributed by atoms with van der Waals surface area (Å²) >= 11 is 0. The van der Waals surface area contributed by atoms with E-state index in [1.807, 2.05) is 6.92 Å². The summed E-state index contributed by atoms with van der Waals surface area (Å²) in [5.74, 6) is -1.01. The van der Waals surface area contributed by atoms with E-state index in [4.69, 9.17) is 9.84 Å². The summed E-state index contributed by atoms with van der Waals surface area (Å²) in [6.45, 7) is 2.88. The molecule has 2 aliphatic heterocycles. The van der Waals surface area contributed by atoms with Crippen LogP contribution in [0, 0.1) is 5.92 Å². The highest BCUT2D eigenvalue weighted by molar-refractivity contribution is 5.82. The van der Waals surface area contributed by atoms with Crippen LogP contribution in [0.4, 0.5) is 0 Å². The van der Waals surface area contributed by atoms with E-state index in [-0.39, 0.29) is 11.8 Å². The molecule has 0 bridgehead atoms. The Bertz CT molecular complexity index is 345. The Kier molecular flexibility index (Phi) is 3.87. The van der Waals surface area contributed by atoms with Gasteiger partial charge in [0.2, 0.25) is 0 Å². The van der Waals surface area contributed by atoms with Crippen molar-refractivity contribution >= 4 is 11.9 Å². The first-order valence-electron chi connectivity index (χ1n) is 6.34. The van der Waals surface area contributed by atoms with Crippen LogP contribution >= 0.6 is 0 Å². The first kappa shape index (κ1) is 13.3. The second kappa shape index (κ2) is 5.24. The van der Waals surface area contributed by atoms with Gasteiger partial charge in [0.15, 0.2) is 6.10 Å². The third-order valence-electron chi connectivity index (χ3n) is 3.80. The summed E-state index contributed by atoms with van der Waals surface area (Å²) in [5, 5.41) is 18.6. The van der Waals surface area contributed by atoms with E-state index in [1.165, 1.54) is 0 Å². The van der Waals surface area contributed by atoms with E-state index in [9.17, 15) is 14.7 Å². The molecule has 2 aliphatic rings. The number of nitrogens with zero attached hydrogens (tertiary/aromatic N) is 1. The fourth-order valence-electron chi connectivity index (χ4n) is 2.45. The SMILES string of the molecule is CC1CCN(C(=O)[C@@H]2CC[C@H](C(=O)O)O2)CC1O. The van der Waals surface area contributed by atoms with Crippen molar-refractivity contribution in [1.82, 2.24) is 4.90 Å². The molecule has 0 aromatic carbocycles. The van der Waals surface area contributed by atoms with E-state index in [0.717, 1.165) is 6.42 Å². The lowest BCUT2D eigenvalue weighted by Gasteiger charge is -2.35. The summed E-state index contributed by atoms with van der Waals surface area (Å²) in [4.78, 5) is 24.5. The van der Waals surface area contributed by atoms with Crippen molar-refractivity contribution in [3.8, 4) is 0 Å². The highest BCUT2D eigenvalue weighted by atomic mass is 16.5. The number of β-amino-alcohol motifs (C(OH)–C–C–N with tert-alkyl or cyclic N) is 1. The number of amides is 1. The number of likely N-dealkylation sites (tertiary alicyclic amines) is 1. The van der Waals surface area contributed by atoms with Gasteiger partial charge in [-0.25, -0.2) is 4.79 Å². The number of carboxylic acid groups (broad SMARTS) is 1. The van der Waals surface area contributed by atoms with E-state index in [0.29, 0.717) is 25.9 Å². The fraction of sp³-hybridized carbons (Fsp3) is 0.833. The fourth-order valence-corrected chi connectivity index (χ4v) is 2.45. The van der Waals surface area contributed by atoms with Gasteiger partial charge in [0, 0.05) is 13.1 Å². The number of piperidine rings is 1. The Morgan fingerprint density at radius 3 is 2.44 bits per heavy atom. The number of aliphatic carboxylic acids is 1. The number of rotatable bonds is 2. The number of aliphatic hydroxyl groups excluding tert-OH is 1. The summed E-state index contributed by atoms with van der Waals surface area (Å²) in [7, 11) is 0. The molecule has 0 spiro atoms. The van der Waals surface area contributed by atoms with E-state index in [2.05, 4.69) is 0 Å². The van der Waals surface area contributed by atoms with E-state index in [1.54, 1.807) is 4.90 Å². The van der Waals surface area contributed by atoms with Gasteiger partial charge in [-0.05, 0) is 25.2 Å². The summed E-state index contributed by atoms with van der Waals surface area (Å²) in [6, 6.07) is 0. The molecule has 0 saturated carbocycles. The molecule has 0 aromatic heterocycles. The van der Waals surface area contributed by atoms with Gasteiger partial charge in [-0.2, -0.15) is 0 Å². The number of carbonyl (C=O) groups excluding carboxylic acids is 1. The van der Waals surface area contributed by atoms with Gasteiger partial charge < -0.3 is 19.8 Å². The Hall–Kier alpha value is -1.14. The number of ether oxygens (including phenoxy) is 1. The van der Waals surface area contributed by atoms with Crippen LogP contribution < -0.4 is 0 Å². The van der Waals surface area contributed by atoms with Crippen LogP contribution in [0.15, 0.2) is 0 Å². The molecule has 4 atom stereocenters. The van der Waals surface area contributed by atoms with Gasteiger partial charge in [0.25, 0.3) is 5.91 Å². The van der Waals surface area contributed by atoms with Gasteiger partial charge >= 0.3 is 5.97 Å². The monoisotopic (exact) mass is 257 g/mol. The molecule has 0 radical (unpaired) electrons. The van der Waals surface area contributed by atoms with Crippen LogP contribution in [0.25, 0.3) is 0 Å². The van der Waals surface area contributed by atoms with Gasteiger partial charge in [-0.3, -0.25) is 4.79 Å². The minimum absolute atomic E-state index is 0.190. The first-order chi connectivity index (χ1) is 8.49. The summed E-state index contributed by atoms with van der Waals surface area (Å²) < 4.78 is 5.23. The molecule has 1 amide bonds. The topological polar surface area (TPSA) is 87.1 Å². The van der Waals surface area contributed by atoms with Crippen LogP contribution in [-0.4, -0.2) is 58.4 Å². The van der Waals surface area contributed by atoms with Crippen molar-refractivity contribution < 1.29 is 24.5 Å². The normalized spacial score (nSPS) is 36.7. The van der Waals surface area contributed by atoms with Crippen molar-refractivity contribution in [1.29, 1.82) is 0 Å². The number of carbonyl (C=O) groups is 2. The second-order valence-corrected chi connectivity index (χ2v) is 5.15. The molecule has 0 aliphatic carbocycles. The van der Waals surface area contributed by atoms with E-state index >= 15 is 0 Å². The number of carboxylic acids is 1. The van der Waals surface area contributed by atoms with Gasteiger partial charge in [0.05, 0.1) is 6.10 Å². The average Bonchev–Trinajstić information content (AvgIpc) is 2.81. The Balaban J connectivity index is 1.90. The molecule has 2 unspecified atom stereocenters. The van der Waals surface area contributed by atoms with Crippen LogP contribution in [0.1, 0.15) is 26.2 Å². The predicted molar refractivity (Wildman–Crippen MR) is 61.9 cm³/mol. The molecule has 2 heterocycles. The maximum Gasteiger partial charge on any atom is 0.332 e. The number of hydrogen-bond acceptors (Lipinski definition) is 4. The molecule has 102 valence electrons. The molecular formula is C12H19NO5. The molecular weight excluding hydrogens is 238 g/mol. The first-order valence-corrected chi connectivity index (χ1v) is 6.34. The average molecular weight is 257 g/mol. The van der Waals surface area contributed by atoms with Crippen molar-refractivity contribution in [2.75, 3.05) is 13.1 Å². The minimum Gasteiger partial charge on any atom is -0.479 e. The number of aliphatic hydroxyl groups is 1. The predicted octanol–water partition coefficient (Wildman–Crippen LogP) is -0.152. The lowest BCUT2D eigenvalue weighted by atomic mass is 9.95. The molecule has 2 saturated heterocycles. The molecule has 2 fully saturated rings. The quantitative estimate of drug-likeness (QED) is 0.718. The summed E-state index contributed by atoms with van der Waals surface area (Å²) in [5.41, 5.74) is 0. The van der Waals surface area contributed by atoms with Crippen molar-refractivity contribution in [2.45, 2.75) is 44.5 Å². The van der Waals surface area contributed by atoms with E-state index < -0.39 is 24.3 Å². The van der Waals surface area contributed by atoms with Crippen molar-refractivity contribution in [3.05, 3.63) is 0 Å². The lowest BCUT2D eigenvalue weighted by Crippen LogP contribution is -2.49. The Morgan fingerprint density at radius 2 is 1.89 bits per heavy atom. The molecule has 2 rings (SSSR count). The lowest BCUT2D eigenvalue weighted by molar-refractivity contribution is -0.156. The number of hydrogen-bond donors (Lipinski definition) is 2. The smallest absolute Gasteiger partial charge is 0.332 e. The Labute approximate surface area is 106 Å². The van der Waals surface area contributed by atoms with Gasteiger partial charge in [-0.1, -0.05) is 6.92 Å². The largest absolute Gasteiger partial charge is 0.479 e. The van der Waals surface area contributed by atoms with Crippen LogP contribution in [-0.2, 0) is 14.3 Å². The standard InChI is InChI=1S/C12H19NO5/c1-7-4-5-13(6-8(7)14)11(15)9-2-3-10(18-9)12(16)17/h7-10,14H,2-6H2,1H3,(H,16,17)/t7?,8?,9-,10+/m0/s1. The molecule has 6 nitrogen and oxygen atoms in total. The molecule has 6 heteroatoms. The summed E-state index contributed by atoms with van der Waals surface area (Å²) in [6.07, 6.45) is -0.447. The van der Waals surface area contributed by atoms with Crippen LogP contribution in [0.5, 0.6) is 0 Å². The Morgan fingerprint density at radius 1 is 1.22 bits per heavy atom. The minimum atomic E-state index is -1.02. The van der Waals surface area contributed by atoms with Crippen molar-refractivity contribution in [2.24, 2.45) is 5.92 Å². The second-order valence-electron chi connectivity index (χ2n) is 5.15. The van der Waals surface area contributed by atoms with Crippen LogP contribution in [0.3, 0.4) is 0 Å². The van der Waals surface area contributed by atoms with Crippen molar-refractivity contribution in [3.63, 3.8) is 0 Å². The molecule has 18 heavy (non-hydrogen) atoms. The van der Waals surface area contributed by atoms with Gasteiger partial charge in [-0.15, -0.1) is 0 Å². The highest BCUT2D eigenvalue weighted by Gasteiger charge is 2.38. The molecule has 2 N–H and O–H groups in total. The van der Waals surface area contributed by atoms with Crippen LogP contribution in [0.2, 0.25) is 0 Å². The maximum absolute atomic E-state index is 12.1. The highest BCUT2D eigenvalue weighted by Crippen LogP contribution is 2.24. The third kappa shape index (κ3) is 2.64. The maximum atomic E-state index is 12.1. The zero-order chi connectivity index (χ0) is 13.3. The molecule has 0 aromatic rings. The zero-order valence-corrected chi connectivity index (χ0v) is 10.4. The third-order valence-corrected chi connectivity index (χ3v) is 3.80. The van der Waals surface area contributed by atoms with Gasteiger partial charge in [0.1, 0.15) is 6.10 Å². The zero-order valence-electron chi connectivity index (χ0n) is 10.4.